The maximum atomic E-state index is 12.1. The lowest BCUT2D eigenvalue weighted by atomic mass is 10.2. The zero-order chi connectivity index (χ0) is 20.4. The molecular weight excluding hydrogens is 354 g/mol. The van der Waals surface area contributed by atoms with Crippen molar-refractivity contribution in [2.75, 3.05) is 32.8 Å². The van der Waals surface area contributed by atoms with E-state index in [1.807, 2.05) is 24.3 Å². The largest absolute Gasteiger partial charge is 0.493 e. The minimum atomic E-state index is -0.102. The van der Waals surface area contributed by atoms with Crippen LogP contribution in [0.2, 0.25) is 0 Å². The zero-order valence-electron chi connectivity index (χ0n) is 17.4. The Morgan fingerprint density at radius 3 is 2.57 bits per heavy atom. The van der Waals surface area contributed by atoms with Crippen molar-refractivity contribution in [2.24, 2.45) is 7.05 Å². The Bertz CT molecular complexity index is 810. The van der Waals surface area contributed by atoms with E-state index in [2.05, 4.69) is 24.1 Å². The van der Waals surface area contributed by atoms with Crippen molar-refractivity contribution in [3.63, 3.8) is 0 Å². The third-order valence-electron chi connectivity index (χ3n) is 4.75. The van der Waals surface area contributed by atoms with Gasteiger partial charge >= 0.3 is 0 Å². The molecule has 0 saturated heterocycles. The highest BCUT2D eigenvalue weighted by Gasteiger charge is 2.08. The fourth-order valence-electron chi connectivity index (χ4n) is 3.32. The fourth-order valence-corrected chi connectivity index (χ4v) is 3.32. The van der Waals surface area contributed by atoms with Gasteiger partial charge in [-0.1, -0.05) is 26.0 Å². The van der Waals surface area contributed by atoms with Crippen LogP contribution < -0.4 is 15.6 Å². The van der Waals surface area contributed by atoms with Crippen LogP contribution in [-0.2, 0) is 11.8 Å². The van der Waals surface area contributed by atoms with Crippen molar-refractivity contribution in [2.45, 2.75) is 39.5 Å². The summed E-state index contributed by atoms with van der Waals surface area (Å²) in [4.78, 5) is 26.5. The van der Waals surface area contributed by atoms with Gasteiger partial charge in [0.2, 0.25) is 5.91 Å². The van der Waals surface area contributed by atoms with Gasteiger partial charge in [0.05, 0.1) is 12.1 Å². The highest BCUT2D eigenvalue weighted by atomic mass is 16.5. The molecule has 0 spiro atoms. The van der Waals surface area contributed by atoms with Crippen LogP contribution in [-0.4, -0.2) is 48.2 Å². The number of para-hydroxylation sites is 1. The van der Waals surface area contributed by atoms with Gasteiger partial charge in [-0.3, -0.25) is 9.59 Å². The molecule has 1 aromatic heterocycles. The highest BCUT2D eigenvalue weighted by Crippen LogP contribution is 2.23. The van der Waals surface area contributed by atoms with Gasteiger partial charge in [-0.2, -0.15) is 0 Å². The molecule has 1 aromatic carbocycles. The maximum Gasteiger partial charge on any atom is 0.254 e. The molecule has 0 fully saturated rings. The lowest BCUT2D eigenvalue weighted by Gasteiger charge is -2.20. The number of aryl methyl sites for hydroxylation is 1. The summed E-state index contributed by atoms with van der Waals surface area (Å²) in [7, 11) is 1.75. The van der Waals surface area contributed by atoms with Gasteiger partial charge in [-0.15, -0.1) is 0 Å². The predicted molar refractivity (Wildman–Crippen MR) is 114 cm³/mol. The Balaban J connectivity index is 1.76. The number of aromatic nitrogens is 1. The quantitative estimate of drug-likeness (QED) is 0.569. The lowest BCUT2D eigenvalue weighted by Crippen LogP contribution is -2.35. The SMILES string of the molecule is CCCN(CCC)CCNC(=O)CCCOc1cc(=O)n(C)c2ccccc12. The average Bonchev–Trinajstić information content (AvgIpc) is 2.69. The van der Waals surface area contributed by atoms with Crippen LogP contribution in [0.1, 0.15) is 39.5 Å². The van der Waals surface area contributed by atoms with Crippen molar-refractivity contribution in [1.82, 2.24) is 14.8 Å². The molecule has 0 aliphatic heterocycles. The molecule has 2 rings (SSSR count). The zero-order valence-corrected chi connectivity index (χ0v) is 17.4. The Morgan fingerprint density at radius 2 is 1.86 bits per heavy atom. The first-order chi connectivity index (χ1) is 13.6. The minimum Gasteiger partial charge on any atom is -0.493 e. The third kappa shape index (κ3) is 6.37. The van der Waals surface area contributed by atoms with Crippen molar-refractivity contribution in [3.8, 4) is 5.75 Å². The molecule has 0 unspecified atom stereocenters. The van der Waals surface area contributed by atoms with Crippen LogP contribution >= 0.6 is 0 Å². The maximum absolute atomic E-state index is 12.1. The smallest absolute Gasteiger partial charge is 0.254 e. The van der Waals surface area contributed by atoms with Crippen molar-refractivity contribution in [1.29, 1.82) is 0 Å². The van der Waals surface area contributed by atoms with Gasteiger partial charge in [-0.25, -0.2) is 0 Å². The monoisotopic (exact) mass is 387 g/mol. The number of carbonyl (C=O) groups excluding carboxylic acids is 1. The summed E-state index contributed by atoms with van der Waals surface area (Å²) < 4.78 is 7.42. The Morgan fingerprint density at radius 1 is 1.14 bits per heavy atom. The lowest BCUT2D eigenvalue weighted by molar-refractivity contribution is -0.121. The molecule has 1 heterocycles. The molecule has 1 amide bonds. The fraction of sp³-hybridized carbons (Fsp3) is 0.545. The first kappa shape index (κ1) is 22.0. The molecule has 1 N–H and O–H groups in total. The summed E-state index contributed by atoms with van der Waals surface area (Å²) in [5.74, 6) is 0.624. The molecule has 0 saturated carbocycles. The topological polar surface area (TPSA) is 63.6 Å². The van der Waals surface area contributed by atoms with E-state index in [0.29, 0.717) is 31.7 Å². The summed E-state index contributed by atoms with van der Waals surface area (Å²) in [6.07, 6.45) is 3.29. The van der Waals surface area contributed by atoms with Crippen LogP contribution in [0.15, 0.2) is 35.1 Å². The van der Waals surface area contributed by atoms with Crippen LogP contribution in [0.4, 0.5) is 0 Å². The van der Waals surface area contributed by atoms with Crippen LogP contribution in [0.25, 0.3) is 10.9 Å². The van der Waals surface area contributed by atoms with Crippen molar-refractivity contribution >= 4 is 16.8 Å². The summed E-state index contributed by atoms with van der Waals surface area (Å²) in [5, 5.41) is 3.89. The van der Waals surface area contributed by atoms with E-state index < -0.39 is 0 Å². The third-order valence-corrected chi connectivity index (χ3v) is 4.75. The summed E-state index contributed by atoms with van der Waals surface area (Å²) >= 11 is 0. The normalized spacial score (nSPS) is 11.1. The molecule has 0 bridgehead atoms. The number of carbonyl (C=O) groups is 1. The predicted octanol–water partition coefficient (Wildman–Crippen LogP) is 2.94. The number of ether oxygens (including phenoxy) is 1. The van der Waals surface area contributed by atoms with Crippen LogP contribution in [0.3, 0.4) is 0 Å². The molecule has 6 heteroatoms. The summed E-state index contributed by atoms with van der Waals surface area (Å²) in [6.45, 7) is 8.47. The standard InChI is InChI=1S/C22H33N3O3/c1-4-13-25(14-5-2)15-12-23-21(26)11-8-16-28-20-17-22(27)24(3)19-10-7-6-9-18(19)20/h6-7,9-10,17H,4-5,8,11-16H2,1-3H3,(H,23,26). The summed E-state index contributed by atoms with van der Waals surface area (Å²) in [6, 6.07) is 9.18. The first-order valence-corrected chi connectivity index (χ1v) is 10.3. The Labute approximate surface area is 167 Å². The molecule has 28 heavy (non-hydrogen) atoms. The second-order valence-corrected chi connectivity index (χ2v) is 7.07. The molecule has 0 aliphatic rings. The minimum absolute atomic E-state index is 0.0466. The number of rotatable bonds is 12. The number of nitrogens with zero attached hydrogens (tertiary/aromatic N) is 2. The van der Waals surface area contributed by atoms with E-state index in [-0.39, 0.29) is 11.5 Å². The van der Waals surface area contributed by atoms with Gasteiger partial charge < -0.3 is 19.5 Å². The van der Waals surface area contributed by atoms with E-state index in [1.165, 1.54) is 6.07 Å². The highest BCUT2D eigenvalue weighted by molar-refractivity contribution is 5.85. The van der Waals surface area contributed by atoms with E-state index in [4.69, 9.17) is 4.74 Å². The number of hydrogen-bond acceptors (Lipinski definition) is 4. The Hall–Kier alpha value is -2.34. The summed E-state index contributed by atoms with van der Waals surface area (Å²) in [5.41, 5.74) is 0.738. The van der Waals surface area contributed by atoms with E-state index in [9.17, 15) is 9.59 Å². The Kier molecular flexibility index (Phi) is 9.01. The number of hydrogen-bond donors (Lipinski definition) is 1. The molecule has 0 atom stereocenters. The van der Waals surface area contributed by atoms with Gasteiger partial charge in [0.1, 0.15) is 5.75 Å². The van der Waals surface area contributed by atoms with Gasteiger partial charge in [0, 0.05) is 38.0 Å². The van der Waals surface area contributed by atoms with Crippen LogP contribution in [0, 0.1) is 0 Å². The van der Waals surface area contributed by atoms with E-state index in [0.717, 1.165) is 43.4 Å². The van der Waals surface area contributed by atoms with E-state index >= 15 is 0 Å². The van der Waals surface area contributed by atoms with Gasteiger partial charge in [0.25, 0.3) is 5.56 Å². The number of nitrogens with one attached hydrogen (secondary N) is 1. The molecule has 154 valence electrons. The molecule has 0 radical (unpaired) electrons. The second kappa shape index (κ2) is 11.5. The molecular formula is C22H33N3O3. The van der Waals surface area contributed by atoms with Gasteiger partial charge in [0.15, 0.2) is 0 Å². The van der Waals surface area contributed by atoms with Crippen molar-refractivity contribution in [3.05, 3.63) is 40.7 Å². The first-order valence-electron chi connectivity index (χ1n) is 10.3. The second-order valence-electron chi connectivity index (χ2n) is 7.07. The molecule has 2 aromatic rings. The van der Waals surface area contributed by atoms with E-state index in [1.54, 1.807) is 11.6 Å². The average molecular weight is 388 g/mol. The van der Waals surface area contributed by atoms with Gasteiger partial charge in [-0.05, 0) is 44.5 Å². The molecule has 0 aliphatic carbocycles. The van der Waals surface area contributed by atoms with Crippen molar-refractivity contribution < 1.29 is 9.53 Å². The van der Waals surface area contributed by atoms with Crippen LogP contribution in [0.5, 0.6) is 5.75 Å². The number of fused-ring (bicyclic) bond motifs is 1. The number of benzene rings is 1. The number of pyridine rings is 1. The molecule has 6 nitrogen and oxygen atoms in total. The number of amides is 1.